The molecule has 14 heavy (non-hydrogen) atoms. The maximum Gasteiger partial charge on any atom is 0.0624 e. The van der Waals surface area contributed by atoms with Crippen molar-refractivity contribution in [3.63, 3.8) is 0 Å². The van der Waals surface area contributed by atoms with Crippen molar-refractivity contribution in [3.8, 4) is 0 Å². The first kappa shape index (κ1) is 11.8. The number of aliphatic hydroxyl groups excluding tert-OH is 1. The third-order valence-corrected chi connectivity index (χ3v) is 3.62. The van der Waals surface area contributed by atoms with Crippen LogP contribution in [0.15, 0.2) is 11.6 Å². The fourth-order valence-corrected chi connectivity index (χ4v) is 2.02. The van der Waals surface area contributed by atoms with Gasteiger partial charge in [0.2, 0.25) is 0 Å². The van der Waals surface area contributed by atoms with Gasteiger partial charge in [0.1, 0.15) is 0 Å². The molecule has 1 saturated carbocycles. The third-order valence-electron chi connectivity index (χ3n) is 3.62. The van der Waals surface area contributed by atoms with Crippen LogP contribution in [0.25, 0.3) is 0 Å². The summed E-state index contributed by atoms with van der Waals surface area (Å²) in [6.07, 6.45) is 6.75. The maximum absolute atomic E-state index is 10.2. The quantitative estimate of drug-likeness (QED) is 0.667. The van der Waals surface area contributed by atoms with E-state index in [4.69, 9.17) is 0 Å². The summed E-state index contributed by atoms with van der Waals surface area (Å²) in [4.78, 5) is 0. The maximum atomic E-state index is 10.2. The number of allylic oxidation sites excluding steroid dienone is 2. The fraction of sp³-hybridized carbons (Fsp3) is 0.846. The third kappa shape index (κ3) is 2.60. The number of hydrogen-bond acceptors (Lipinski definition) is 1. The van der Waals surface area contributed by atoms with Gasteiger partial charge in [0.15, 0.2) is 0 Å². The smallest absolute Gasteiger partial charge is 0.0624 e. The van der Waals surface area contributed by atoms with Crippen LogP contribution in [0.2, 0.25) is 0 Å². The van der Waals surface area contributed by atoms with E-state index in [-0.39, 0.29) is 11.5 Å². The molecule has 1 aliphatic rings. The van der Waals surface area contributed by atoms with E-state index in [2.05, 4.69) is 33.8 Å². The molecule has 0 aromatic heterocycles. The van der Waals surface area contributed by atoms with Crippen LogP contribution in [0.1, 0.15) is 53.4 Å². The van der Waals surface area contributed by atoms with Crippen molar-refractivity contribution in [2.45, 2.75) is 59.5 Å². The van der Waals surface area contributed by atoms with Crippen LogP contribution >= 0.6 is 0 Å². The van der Waals surface area contributed by atoms with E-state index in [1.165, 1.54) is 18.4 Å². The zero-order chi connectivity index (χ0) is 10.8. The molecule has 1 heteroatoms. The normalized spacial score (nSPS) is 22.6. The van der Waals surface area contributed by atoms with Gasteiger partial charge in [-0.15, -0.1) is 0 Å². The van der Waals surface area contributed by atoms with Gasteiger partial charge in [-0.25, -0.2) is 0 Å². The van der Waals surface area contributed by atoms with Gasteiger partial charge in [0.05, 0.1) is 6.10 Å². The number of hydrogen-bond donors (Lipinski definition) is 1. The minimum absolute atomic E-state index is 0.0944. The first-order valence-corrected chi connectivity index (χ1v) is 5.83. The highest BCUT2D eigenvalue weighted by Gasteiger charge is 2.49. The molecular formula is C13H24O. The second-order valence-corrected chi connectivity index (χ2v) is 5.18. The number of aliphatic hydroxyl groups is 1. The lowest BCUT2D eigenvalue weighted by atomic mass is 9.85. The molecule has 0 bridgehead atoms. The van der Waals surface area contributed by atoms with E-state index in [1.807, 2.05) is 0 Å². The Labute approximate surface area is 88.2 Å². The molecule has 0 amide bonds. The molecule has 1 aliphatic carbocycles. The Morgan fingerprint density at radius 1 is 1.43 bits per heavy atom. The van der Waals surface area contributed by atoms with Gasteiger partial charge in [-0.1, -0.05) is 31.9 Å². The highest BCUT2D eigenvalue weighted by Crippen LogP contribution is 2.54. The highest BCUT2D eigenvalue weighted by molar-refractivity contribution is 5.07. The van der Waals surface area contributed by atoms with Crippen LogP contribution in [0, 0.1) is 11.3 Å². The summed E-state index contributed by atoms with van der Waals surface area (Å²) in [6.45, 7) is 8.58. The predicted octanol–water partition coefficient (Wildman–Crippen LogP) is 3.53. The average Bonchev–Trinajstić information content (AvgIpc) is 2.93. The molecule has 1 rings (SSSR count). The molecule has 1 N–H and O–H groups in total. The van der Waals surface area contributed by atoms with Crippen molar-refractivity contribution >= 4 is 0 Å². The molecule has 0 aromatic carbocycles. The fourth-order valence-electron chi connectivity index (χ4n) is 2.02. The predicted molar refractivity (Wildman–Crippen MR) is 61.2 cm³/mol. The second kappa shape index (κ2) is 4.48. The molecule has 0 spiro atoms. The SMILES string of the molecule is CC[C@H](C)[C@@H](O)C1(CC=C(C)C)CC1. The van der Waals surface area contributed by atoms with Crippen molar-refractivity contribution in [3.05, 3.63) is 11.6 Å². The summed E-state index contributed by atoms with van der Waals surface area (Å²) < 4.78 is 0. The van der Waals surface area contributed by atoms with E-state index in [0.29, 0.717) is 5.92 Å². The van der Waals surface area contributed by atoms with Crippen LogP contribution in [0.4, 0.5) is 0 Å². The molecule has 0 aromatic rings. The van der Waals surface area contributed by atoms with Gasteiger partial charge in [-0.05, 0) is 39.0 Å². The Kier molecular flexibility index (Phi) is 3.77. The summed E-state index contributed by atoms with van der Waals surface area (Å²) in [6, 6.07) is 0. The molecule has 0 heterocycles. The molecule has 82 valence electrons. The molecule has 0 unspecified atom stereocenters. The van der Waals surface area contributed by atoms with Crippen molar-refractivity contribution in [2.75, 3.05) is 0 Å². The summed E-state index contributed by atoms with van der Waals surface area (Å²) >= 11 is 0. The molecule has 1 nitrogen and oxygen atoms in total. The average molecular weight is 196 g/mol. The first-order chi connectivity index (χ1) is 6.52. The van der Waals surface area contributed by atoms with Crippen molar-refractivity contribution in [1.29, 1.82) is 0 Å². The van der Waals surface area contributed by atoms with E-state index in [1.54, 1.807) is 0 Å². The van der Waals surface area contributed by atoms with Gasteiger partial charge in [0, 0.05) is 5.41 Å². The molecule has 0 saturated heterocycles. The largest absolute Gasteiger partial charge is 0.392 e. The zero-order valence-electron chi connectivity index (χ0n) is 10.0. The molecule has 1 fully saturated rings. The van der Waals surface area contributed by atoms with Gasteiger partial charge >= 0.3 is 0 Å². The Hall–Kier alpha value is -0.300. The lowest BCUT2D eigenvalue weighted by Gasteiger charge is -2.26. The Morgan fingerprint density at radius 3 is 2.36 bits per heavy atom. The summed E-state index contributed by atoms with van der Waals surface area (Å²) in [5.74, 6) is 0.447. The Morgan fingerprint density at radius 2 is 2.00 bits per heavy atom. The molecule has 0 aliphatic heterocycles. The van der Waals surface area contributed by atoms with Gasteiger partial charge in [-0.2, -0.15) is 0 Å². The standard InChI is InChI=1S/C13H24O/c1-5-11(4)12(14)13(8-9-13)7-6-10(2)3/h6,11-12,14H,5,7-9H2,1-4H3/t11-,12+/m0/s1. The van der Waals surface area contributed by atoms with E-state index in [9.17, 15) is 5.11 Å². The second-order valence-electron chi connectivity index (χ2n) is 5.18. The van der Waals surface area contributed by atoms with Crippen molar-refractivity contribution in [1.82, 2.24) is 0 Å². The first-order valence-electron chi connectivity index (χ1n) is 5.83. The Balaban J connectivity index is 2.53. The van der Waals surface area contributed by atoms with Crippen molar-refractivity contribution in [2.24, 2.45) is 11.3 Å². The molecule has 0 radical (unpaired) electrons. The highest BCUT2D eigenvalue weighted by atomic mass is 16.3. The van der Waals surface area contributed by atoms with Gasteiger partial charge in [0.25, 0.3) is 0 Å². The molecular weight excluding hydrogens is 172 g/mol. The monoisotopic (exact) mass is 196 g/mol. The lowest BCUT2D eigenvalue weighted by Crippen LogP contribution is -2.28. The van der Waals surface area contributed by atoms with Gasteiger partial charge in [-0.3, -0.25) is 0 Å². The summed E-state index contributed by atoms with van der Waals surface area (Å²) in [5, 5.41) is 10.2. The topological polar surface area (TPSA) is 20.2 Å². The summed E-state index contributed by atoms with van der Waals surface area (Å²) in [7, 11) is 0. The van der Waals surface area contributed by atoms with Crippen LogP contribution in [-0.2, 0) is 0 Å². The Bertz CT molecular complexity index is 209. The minimum atomic E-state index is -0.0944. The lowest BCUT2D eigenvalue weighted by molar-refractivity contribution is 0.0432. The van der Waals surface area contributed by atoms with Crippen molar-refractivity contribution < 1.29 is 5.11 Å². The minimum Gasteiger partial charge on any atom is -0.392 e. The van der Waals surface area contributed by atoms with Crippen LogP contribution in [0.3, 0.4) is 0 Å². The van der Waals surface area contributed by atoms with Gasteiger partial charge < -0.3 is 5.11 Å². The van der Waals surface area contributed by atoms with E-state index < -0.39 is 0 Å². The van der Waals surface area contributed by atoms with Crippen LogP contribution < -0.4 is 0 Å². The van der Waals surface area contributed by atoms with E-state index in [0.717, 1.165) is 12.8 Å². The molecule has 2 atom stereocenters. The van der Waals surface area contributed by atoms with Crippen LogP contribution in [0.5, 0.6) is 0 Å². The zero-order valence-corrected chi connectivity index (χ0v) is 10.0. The summed E-state index contributed by atoms with van der Waals surface area (Å²) in [5.41, 5.74) is 1.61. The van der Waals surface area contributed by atoms with Crippen LogP contribution in [-0.4, -0.2) is 11.2 Å². The number of rotatable bonds is 5. The van der Waals surface area contributed by atoms with E-state index >= 15 is 0 Å².